The van der Waals surface area contributed by atoms with Gasteiger partial charge in [-0.05, 0) is 57.1 Å². The molecular formula is C25H17Cl. The topological polar surface area (TPSA) is 0 Å². The van der Waals surface area contributed by atoms with Gasteiger partial charge < -0.3 is 0 Å². The molecule has 1 heteroatoms. The lowest BCUT2D eigenvalue weighted by Gasteiger charge is -2.15. The van der Waals surface area contributed by atoms with Crippen LogP contribution in [0, 0.1) is 0 Å². The van der Waals surface area contributed by atoms with E-state index < -0.39 is 0 Å². The molecule has 124 valence electrons. The van der Waals surface area contributed by atoms with Crippen LogP contribution in [-0.2, 0) is 0 Å². The van der Waals surface area contributed by atoms with E-state index in [0.29, 0.717) is 0 Å². The molecule has 1 aliphatic rings. The van der Waals surface area contributed by atoms with Gasteiger partial charge in [-0.2, -0.15) is 0 Å². The van der Waals surface area contributed by atoms with E-state index in [4.69, 9.17) is 11.6 Å². The Kier molecular flexibility index (Phi) is 3.65. The first-order valence-corrected chi connectivity index (χ1v) is 9.23. The first-order valence-electron chi connectivity index (χ1n) is 8.85. The molecule has 0 aliphatic heterocycles. The van der Waals surface area contributed by atoms with Gasteiger partial charge in [0, 0.05) is 10.9 Å². The Morgan fingerprint density at radius 2 is 1.19 bits per heavy atom. The normalized spacial score (nSPS) is 14.7. The third-order valence-corrected chi connectivity index (χ3v) is 5.49. The summed E-state index contributed by atoms with van der Waals surface area (Å²) in [5, 5.41) is 0.768. The van der Waals surface area contributed by atoms with Crippen LogP contribution in [-0.4, -0.2) is 0 Å². The maximum Gasteiger partial charge on any atom is 0.0406 e. The zero-order chi connectivity index (χ0) is 17.5. The molecule has 0 bridgehead atoms. The van der Waals surface area contributed by atoms with E-state index in [0.717, 1.165) is 5.02 Å². The van der Waals surface area contributed by atoms with Gasteiger partial charge in [0.15, 0.2) is 0 Å². The third kappa shape index (κ3) is 2.46. The van der Waals surface area contributed by atoms with Gasteiger partial charge >= 0.3 is 0 Å². The van der Waals surface area contributed by atoms with E-state index in [-0.39, 0.29) is 5.92 Å². The highest BCUT2D eigenvalue weighted by molar-refractivity contribution is 6.30. The maximum atomic E-state index is 6.06. The number of hydrogen-bond donors (Lipinski definition) is 0. The van der Waals surface area contributed by atoms with Crippen molar-refractivity contribution < 1.29 is 0 Å². The minimum atomic E-state index is 0.287. The van der Waals surface area contributed by atoms with Crippen LogP contribution in [0.5, 0.6) is 0 Å². The van der Waals surface area contributed by atoms with E-state index in [2.05, 4.69) is 84.9 Å². The highest BCUT2D eigenvalue weighted by atomic mass is 35.5. The fourth-order valence-corrected chi connectivity index (χ4v) is 4.16. The van der Waals surface area contributed by atoms with Crippen molar-refractivity contribution in [2.45, 2.75) is 5.92 Å². The Morgan fingerprint density at radius 1 is 0.538 bits per heavy atom. The fourth-order valence-electron chi connectivity index (χ4n) is 4.03. The van der Waals surface area contributed by atoms with Crippen molar-refractivity contribution in [1.82, 2.24) is 0 Å². The van der Waals surface area contributed by atoms with Gasteiger partial charge in [-0.3, -0.25) is 0 Å². The average molecular weight is 353 g/mol. The molecule has 1 aliphatic carbocycles. The van der Waals surface area contributed by atoms with E-state index in [1.165, 1.54) is 38.9 Å². The minimum absolute atomic E-state index is 0.287. The molecule has 0 nitrogen and oxygen atoms in total. The Bertz CT molecular complexity index is 1080. The molecule has 0 spiro atoms. The summed E-state index contributed by atoms with van der Waals surface area (Å²) in [5.41, 5.74) is 9.22. The number of rotatable bonds is 2. The highest BCUT2D eigenvalue weighted by Gasteiger charge is 2.29. The molecular weight excluding hydrogens is 336 g/mol. The van der Waals surface area contributed by atoms with E-state index in [1.54, 1.807) is 0 Å². The van der Waals surface area contributed by atoms with Crippen LogP contribution in [0.4, 0.5) is 0 Å². The monoisotopic (exact) mass is 352 g/mol. The van der Waals surface area contributed by atoms with Crippen LogP contribution in [0.15, 0.2) is 97.1 Å². The molecule has 0 N–H and O–H groups in total. The average Bonchev–Trinajstić information content (AvgIpc) is 3.03. The van der Waals surface area contributed by atoms with Gasteiger partial charge in [0.2, 0.25) is 0 Å². The minimum Gasteiger partial charge on any atom is -0.0843 e. The van der Waals surface area contributed by atoms with Crippen LogP contribution in [0.3, 0.4) is 0 Å². The number of halogens is 1. The summed E-state index contributed by atoms with van der Waals surface area (Å²) in [6.07, 6.45) is 0. The lowest BCUT2D eigenvalue weighted by Crippen LogP contribution is -1.99. The summed E-state index contributed by atoms with van der Waals surface area (Å²) in [7, 11) is 0. The highest BCUT2D eigenvalue weighted by Crippen LogP contribution is 2.48. The molecule has 1 unspecified atom stereocenters. The molecule has 26 heavy (non-hydrogen) atoms. The van der Waals surface area contributed by atoms with E-state index in [1.807, 2.05) is 12.1 Å². The molecule has 0 heterocycles. The maximum absolute atomic E-state index is 6.06. The summed E-state index contributed by atoms with van der Waals surface area (Å²) >= 11 is 6.06. The summed E-state index contributed by atoms with van der Waals surface area (Å²) in [4.78, 5) is 0. The zero-order valence-corrected chi connectivity index (χ0v) is 14.9. The molecule has 0 radical (unpaired) electrons. The quantitative estimate of drug-likeness (QED) is 0.316. The lowest BCUT2D eigenvalue weighted by atomic mass is 9.88. The van der Waals surface area contributed by atoms with Crippen LogP contribution in [0.25, 0.3) is 22.3 Å². The molecule has 1 atom stereocenters. The van der Waals surface area contributed by atoms with Crippen molar-refractivity contribution in [3.63, 3.8) is 0 Å². The first-order chi connectivity index (χ1) is 12.8. The van der Waals surface area contributed by atoms with Gasteiger partial charge in [-0.1, -0.05) is 90.5 Å². The second-order valence-electron chi connectivity index (χ2n) is 6.74. The predicted molar refractivity (Wildman–Crippen MR) is 110 cm³/mol. The van der Waals surface area contributed by atoms with Crippen LogP contribution >= 0.6 is 11.6 Å². The fraction of sp³-hybridized carbons (Fsp3) is 0.0400. The van der Waals surface area contributed by atoms with Gasteiger partial charge in [0.25, 0.3) is 0 Å². The van der Waals surface area contributed by atoms with E-state index >= 15 is 0 Å². The SMILES string of the molecule is Clc1ccc(-c2ccc3c(c2)C(c2ccccc2)c2ccccc2-3)cc1. The first kappa shape index (κ1) is 15.4. The number of fused-ring (bicyclic) bond motifs is 3. The summed E-state index contributed by atoms with van der Waals surface area (Å²) in [6.45, 7) is 0. The molecule has 5 rings (SSSR count). The predicted octanol–water partition coefficient (Wildman–Crippen LogP) is 7.17. The van der Waals surface area contributed by atoms with Crippen LogP contribution in [0.2, 0.25) is 5.02 Å². The standard InChI is InChI=1S/C25H17Cl/c26-20-13-10-17(11-14-20)19-12-15-22-21-8-4-5-9-23(21)25(24(22)16-19)18-6-2-1-3-7-18/h1-16,25H. The lowest BCUT2D eigenvalue weighted by molar-refractivity contribution is 1.02. The van der Waals surface area contributed by atoms with Crippen molar-refractivity contribution in [2.24, 2.45) is 0 Å². The molecule has 0 fully saturated rings. The third-order valence-electron chi connectivity index (χ3n) is 5.23. The van der Waals surface area contributed by atoms with Crippen LogP contribution < -0.4 is 0 Å². The largest absolute Gasteiger partial charge is 0.0843 e. The van der Waals surface area contributed by atoms with Crippen molar-refractivity contribution >= 4 is 11.6 Å². The second kappa shape index (κ2) is 6.16. The van der Waals surface area contributed by atoms with Crippen molar-refractivity contribution in [1.29, 1.82) is 0 Å². The van der Waals surface area contributed by atoms with Crippen molar-refractivity contribution in [3.05, 3.63) is 119 Å². The molecule has 0 amide bonds. The molecule has 0 saturated heterocycles. The van der Waals surface area contributed by atoms with Gasteiger partial charge in [-0.25, -0.2) is 0 Å². The van der Waals surface area contributed by atoms with Gasteiger partial charge in [0.05, 0.1) is 0 Å². The summed E-state index contributed by atoms with van der Waals surface area (Å²) in [5.74, 6) is 0.287. The number of hydrogen-bond acceptors (Lipinski definition) is 0. The van der Waals surface area contributed by atoms with Crippen LogP contribution in [0.1, 0.15) is 22.6 Å². The Labute approximate surface area is 158 Å². The summed E-state index contributed by atoms with van der Waals surface area (Å²) in [6, 6.07) is 34.4. The van der Waals surface area contributed by atoms with Crippen molar-refractivity contribution in [3.8, 4) is 22.3 Å². The van der Waals surface area contributed by atoms with Crippen molar-refractivity contribution in [2.75, 3.05) is 0 Å². The molecule has 0 aromatic heterocycles. The van der Waals surface area contributed by atoms with E-state index in [9.17, 15) is 0 Å². The smallest absolute Gasteiger partial charge is 0.0406 e. The molecule has 0 saturated carbocycles. The Morgan fingerprint density at radius 3 is 2.00 bits per heavy atom. The second-order valence-corrected chi connectivity index (χ2v) is 7.18. The zero-order valence-electron chi connectivity index (χ0n) is 14.2. The Hall–Kier alpha value is -2.83. The van der Waals surface area contributed by atoms with Gasteiger partial charge in [0.1, 0.15) is 0 Å². The summed E-state index contributed by atoms with van der Waals surface area (Å²) < 4.78 is 0. The number of benzene rings is 4. The molecule has 4 aromatic rings. The Balaban J connectivity index is 1.71. The van der Waals surface area contributed by atoms with Gasteiger partial charge in [-0.15, -0.1) is 0 Å². The molecule has 4 aromatic carbocycles.